The van der Waals surface area contributed by atoms with Gasteiger partial charge in [-0.3, -0.25) is 0 Å². The summed E-state index contributed by atoms with van der Waals surface area (Å²) in [5.74, 6) is -1.87. The molecule has 1 aliphatic heterocycles. The summed E-state index contributed by atoms with van der Waals surface area (Å²) in [6.07, 6.45) is 2.37. The number of ether oxygens (including phenoxy) is 1. The van der Waals surface area contributed by atoms with E-state index in [1.165, 1.54) is 24.3 Å². The first-order chi connectivity index (χ1) is 13.3. The minimum atomic E-state index is -4.03. The van der Waals surface area contributed by atoms with Gasteiger partial charge in [0, 0.05) is 10.9 Å². The quantitative estimate of drug-likeness (QED) is 0.650. The van der Waals surface area contributed by atoms with E-state index in [0.717, 1.165) is 18.6 Å². The topological polar surface area (TPSA) is 43.4 Å². The predicted molar refractivity (Wildman–Crippen MR) is 103 cm³/mol. The van der Waals surface area contributed by atoms with Gasteiger partial charge < -0.3 is 4.74 Å². The van der Waals surface area contributed by atoms with E-state index in [9.17, 15) is 12.8 Å². The highest BCUT2D eigenvalue weighted by molar-refractivity contribution is 7.92. The number of rotatable bonds is 3. The van der Waals surface area contributed by atoms with Crippen LogP contribution in [0.5, 0.6) is 5.75 Å². The van der Waals surface area contributed by atoms with Crippen molar-refractivity contribution in [3.8, 4) is 5.75 Å². The van der Waals surface area contributed by atoms with Crippen LogP contribution in [-0.4, -0.2) is 15.0 Å². The van der Waals surface area contributed by atoms with Gasteiger partial charge in [0.1, 0.15) is 10.6 Å². The summed E-state index contributed by atoms with van der Waals surface area (Å²) in [4.78, 5) is 0.0633. The van der Waals surface area contributed by atoms with Crippen LogP contribution < -0.4 is 4.74 Å². The molecule has 1 saturated carbocycles. The third-order valence-electron chi connectivity index (χ3n) is 6.29. The first-order valence-corrected chi connectivity index (χ1v) is 11.3. The van der Waals surface area contributed by atoms with Crippen molar-refractivity contribution < 1.29 is 21.9 Å². The van der Waals surface area contributed by atoms with Gasteiger partial charge in [-0.1, -0.05) is 24.9 Å². The lowest BCUT2D eigenvalue weighted by atomic mass is 9.68. The molecule has 0 unspecified atom stereocenters. The maximum atomic E-state index is 15.0. The summed E-state index contributed by atoms with van der Waals surface area (Å²) in [5.41, 5.74) is -0.159. The smallest absolute Gasteiger partial charge is 0.188 e. The summed E-state index contributed by atoms with van der Waals surface area (Å²) in [6, 6.07) is 7.84. The normalized spacial score (nSPS) is 26.9. The van der Waals surface area contributed by atoms with E-state index in [4.69, 9.17) is 16.3 Å². The van der Waals surface area contributed by atoms with E-state index < -0.39 is 32.1 Å². The maximum absolute atomic E-state index is 15.0. The highest BCUT2D eigenvalue weighted by Gasteiger charge is 2.59. The van der Waals surface area contributed by atoms with E-state index >= 15 is 4.39 Å². The molecule has 0 spiro atoms. The van der Waals surface area contributed by atoms with Crippen LogP contribution in [0.2, 0.25) is 5.02 Å². The fourth-order valence-corrected chi connectivity index (χ4v) is 7.29. The average Bonchev–Trinajstić information content (AvgIpc) is 2.69. The van der Waals surface area contributed by atoms with Gasteiger partial charge in [-0.15, -0.1) is 0 Å². The van der Waals surface area contributed by atoms with E-state index in [1.807, 2.05) is 0 Å². The molecular weight excluding hydrogens is 406 g/mol. The Morgan fingerprint density at radius 2 is 1.82 bits per heavy atom. The van der Waals surface area contributed by atoms with Crippen LogP contribution in [0.1, 0.15) is 38.2 Å². The molecule has 1 heterocycles. The van der Waals surface area contributed by atoms with Crippen molar-refractivity contribution >= 4 is 21.4 Å². The zero-order valence-corrected chi connectivity index (χ0v) is 17.0. The van der Waals surface area contributed by atoms with Crippen molar-refractivity contribution in [2.45, 2.75) is 42.2 Å². The van der Waals surface area contributed by atoms with Crippen LogP contribution >= 0.6 is 11.6 Å². The van der Waals surface area contributed by atoms with Crippen molar-refractivity contribution in [2.75, 3.05) is 6.61 Å². The van der Waals surface area contributed by atoms with E-state index in [2.05, 4.69) is 6.92 Å². The van der Waals surface area contributed by atoms with Gasteiger partial charge in [0.05, 0.1) is 17.1 Å². The lowest BCUT2D eigenvalue weighted by Crippen LogP contribution is -2.52. The second kappa shape index (κ2) is 6.99. The molecule has 3 atom stereocenters. The average molecular weight is 427 g/mol. The summed E-state index contributed by atoms with van der Waals surface area (Å²) >= 11 is 5.92. The molecule has 0 bridgehead atoms. The molecule has 1 fully saturated rings. The standard InChI is InChI=1S/C21H21ClF2O3S/c1-2-13-9-10-21(28(25,26)16-5-3-15(22)4-6-16)14(11-13)12-27-20-18(24)8-7-17(23)19(20)21/h3-8,13-14H,2,9-12H2,1H3/t13-,14-,21+/m1/s1. The number of halogens is 3. The summed E-state index contributed by atoms with van der Waals surface area (Å²) in [6.45, 7) is 2.11. The number of sulfone groups is 1. The molecule has 0 aromatic heterocycles. The monoisotopic (exact) mass is 426 g/mol. The van der Waals surface area contributed by atoms with Crippen molar-refractivity contribution in [1.29, 1.82) is 0 Å². The van der Waals surface area contributed by atoms with Crippen LogP contribution in [0.3, 0.4) is 0 Å². The minimum absolute atomic E-state index is 0.0523. The zero-order valence-electron chi connectivity index (χ0n) is 15.4. The Morgan fingerprint density at radius 3 is 2.50 bits per heavy atom. The van der Waals surface area contributed by atoms with Crippen molar-refractivity contribution in [1.82, 2.24) is 0 Å². The van der Waals surface area contributed by atoms with E-state index in [0.29, 0.717) is 23.8 Å². The Kier molecular flexibility index (Phi) is 4.91. The molecular formula is C21H21ClF2O3S. The Balaban J connectivity index is 1.99. The van der Waals surface area contributed by atoms with Gasteiger partial charge >= 0.3 is 0 Å². The molecule has 0 amide bonds. The highest BCUT2D eigenvalue weighted by atomic mass is 35.5. The first-order valence-electron chi connectivity index (χ1n) is 9.42. The van der Waals surface area contributed by atoms with Crippen molar-refractivity contribution in [3.05, 3.63) is 58.6 Å². The molecule has 1 aliphatic carbocycles. The van der Waals surface area contributed by atoms with Crippen molar-refractivity contribution in [2.24, 2.45) is 11.8 Å². The second-order valence-electron chi connectivity index (χ2n) is 7.64. The zero-order chi connectivity index (χ0) is 20.1. The molecule has 3 nitrogen and oxygen atoms in total. The van der Waals surface area contributed by atoms with E-state index in [1.54, 1.807) is 0 Å². The molecule has 0 radical (unpaired) electrons. The van der Waals surface area contributed by atoms with Crippen LogP contribution in [0, 0.1) is 23.5 Å². The van der Waals surface area contributed by atoms with Gasteiger partial charge in [0.15, 0.2) is 21.4 Å². The highest BCUT2D eigenvalue weighted by Crippen LogP contribution is 2.57. The fourth-order valence-electron chi connectivity index (χ4n) is 4.80. The summed E-state index contributed by atoms with van der Waals surface area (Å²) in [5, 5.41) is 0.410. The number of hydrogen-bond donors (Lipinski definition) is 0. The number of hydrogen-bond acceptors (Lipinski definition) is 3. The summed E-state index contributed by atoms with van der Waals surface area (Å²) < 4.78 is 61.3. The number of fused-ring (bicyclic) bond motifs is 3. The third-order valence-corrected chi connectivity index (χ3v) is 9.14. The maximum Gasteiger partial charge on any atom is 0.188 e. The van der Waals surface area contributed by atoms with Gasteiger partial charge in [0.25, 0.3) is 0 Å². The Labute approximate surface area is 168 Å². The molecule has 0 saturated heterocycles. The lowest BCUT2D eigenvalue weighted by Gasteiger charge is -2.49. The Hall–Kier alpha value is -1.66. The molecule has 2 aromatic carbocycles. The van der Waals surface area contributed by atoms with Crippen LogP contribution in [0.4, 0.5) is 8.78 Å². The predicted octanol–water partition coefficient (Wildman–Crippen LogP) is 5.51. The SMILES string of the molecule is CC[C@@H]1CC[C@@]2(S(=O)(=O)c3ccc(Cl)cc3)c3c(F)ccc(F)c3OC[C@H]2C1. The van der Waals surface area contributed by atoms with Crippen LogP contribution in [0.25, 0.3) is 0 Å². The molecule has 150 valence electrons. The second-order valence-corrected chi connectivity index (χ2v) is 10.3. The molecule has 28 heavy (non-hydrogen) atoms. The van der Waals surface area contributed by atoms with Gasteiger partial charge in [-0.2, -0.15) is 0 Å². The molecule has 2 aliphatic rings. The van der Waals surface area contributed by atoms with Gasteiger partial charge in [0.2, 0.25) is 0 Å². The number of benzene rings is 2. The summed E-state index contributed by atoms with van der Waals surface area (Å²) in [7, 11) is -4.03. The minimum Gasteiger partial charge on any atom is -0.490 e. The third kappa shape index (κ3) is 2.76. The van der Waals surface area contributed by atoms with E-state index in [-0.39, 0.29) is 29.2 Å². The Bertz CT molecular complexity index is 1010. The molecule has 2 aromatic rings. The molecule has 7 heteroatoms. The first kappa shape index (κ1) is 19.6. The van der Waals surface area contributed by atoms with Crippen LogP contribution in [0.15, 0.2) is 41.3 Å². The van der Waals surface area contributed by atoms with Crippen molar-refractivity contribution in [3.63, 3.8) is 0 Å². The Morgan fingerprint density at radius 1 is 1.14 bits per heavy atom. The lowest BCUT2D eigenvalue weighted by molar-refractivity contribution is 0.0969. The van der Waals surface area contributed by atoms with Gasteiger partial charge in [-0.25, -0.2) is 17.2 Å². The van der Waals surface area contributed by atoms with Crippen LogP contribution in [-0.2, 0) is 14.6 Å². The van der Waals surface area contributed by atoms with Gasteiger partial charge in [-0.05, 0) is 61.6 Å². The molecule has 4 rings (SSSR count). The fraction of sp³-hybridized carbons (Fsp3) is 0.429. The molecule has 0 N–H and O–H groups in total. The largest absolute Gasteiger partial charge is 0.490 e.